The second-order valence-electron chi connectivity index (χ2n) is 0. The third-order valence-corrected chi connectivity index (χ3v) is 0. The quantitative estimate of drug-likeness (QED) is 0.364. The summed E-state index contributed by atoms with van der Waals surface area (Å²) in [6, 6.07) is 0. The van der Waals surface area contributed by atoms with E-state index in [0.717, 1.165) is 0 Å². The van der Waals surface area contributed by atoms with E-state index < -0.39 is 0 Å². The topological polar surface area (TPSA) is 0 Å². The predicted molar refractivity (Wildman–Crippen MR) is 46.0 cm³/mol. The average Bonchev–Trinajstić information content (AvgIpc) is 0. The fourth-order valence-corrected chi connectivity index (χ4v) is 0. The summed E-state index contributed by atoms with van der Waals surface area (Å²) in [5, 5.41) is 0. The molecule has 0 aliphatic heterocycles. The van der Waals surface area contributed by atoms with Gasteiger partial charge in [-0.2, -0.15) is 0 Å². The maximum atomic E-state index is 0. The molecule has 0 aromatic carbocycles. The van der Waals surface area contributed by atoms with E-state index >= 15 is 0 Å². The van der Waals surface area contributed by atoms with E-state index in [1.165, 1.54) is 0 Å². The standard InChI is InChI=1S/4Al.4Na. The molecule has 0 nitrogen and oxygen atoms in total. The van der Waals surface area contributed by atoms with Gasteiger partial charge in [-0.05, 0) is 0 Å². The third kappa shape index (κ3) is 40.0. The largest absolute Gasteiger partial charge is 0 e. The number of rotatable bonds is 0. The Labute approximate surface area is 183 Å². The minimum absolute atomic E-state index is 0. The van der Waals surface area contributed by atoms with Gasteiger partial charge in [0, 0.05) is 188 Å². The van der Waals surface area contributed by atoms with Gasteiger partial charge in [-0.25, -0.2) is 0 Å². The molecule has 16 radical (unpaired) electrons. The van der Waals surface area contributed by atoms with Crippen molar-refractivity contribution in [3.63, 3.8) is 0 Å². The van der Waals surface area contributed by atoms with Crippen LogP contribution in [0.1, 0.15) is 0 Å². The normalized spacial score (nSPS) is 0. The van der Waals surface area contributed by atoms with Gasteiger partial charge in [-0.15, -0.1) is 0 Å². The molecule has 0 atom stereocenters. The third-order valence-electron chi connectivity index (χ3n) is 0. The van der Waals surface area contributed by atoms with Crippen LogP contribution in [0.5, 0.6) is 0 Å². The molecule has 0 fully saturated rings. The predicted octanol–water partition coefficient (Wildman–Crippen LogP) is -3.05. The molecule has 0 saturated carbocycles. The summed E-state index contributed by atoms with van der Waals surface area (Å²) >= 11 is 0. The van der Waals surface area contributed by atoms with Gasteiger partial charge < -0.3 is 0 Å². The van der Waals surface area contributed by atoms with Gasteiger partial charge in [-0.3, -0.25) is 0 Å². The summed E-state index contributed by atoms with van der Waals surface area (Å²) in [4.78, 5) is 0. The van der Waals surface area contributed by atoms with E-state index in [1.807, 2.05) is 0 Å². The van der Waals surface area contributed by atoms with Crippen molar-refractivity contribution in [1.82, 2.24) is 0 Å². The van der Waals surface area contributed by atoms with Gasteiger partial charge in [-0.1, -0.05) is 0 Å². The van der Waals surface area contributed by atoms with Crippen LogP contribution in [-0.4, -0.2) is 188 Å². The van der Waals surface area contributed by atoms with Crippen LogP contribution in [0.25, 0.3) is 0 Å². The van der Waals surface area contributed by atoms with E-state index in [2.05, 4.69) is 0 Å². The van der Waals surface area contributed by atoms with E-state index in [1.54, 1.807) is 0 Å². The van der Waals surface area contributed by atoms with Gasteiger partial charge in [0.05, 0.1) is 0 Å². The Morgan fingerprint density at radius 2 is 0.250 bits per heavy atom. The fourth-order valence-electron chi connectivity index (χ4n) is 0. The Hall–Kier alpha value is 6.13. The van der Waals surface area contributed by atoms with Crippen molar-refractivity contribution in [2.45, 2.75) is 0 Å². The van der Waals surface area contributed by atoms with Crippen LogP contribution in [0, 0.1) is 0 Å². The second kappa shape index (κ2) is 51.4. The number of hydrogen-bond donors (Lipinski definition) is 0. The van der Waals surface area contributed by atoms with Crippen LogP contribution in [0.2, 0.25) is 0 Å². The zero-order chi connectivity index (χ0) is 0. The zero-order valence-corrected chi connectivity index (χ0v) is 18.9. The van der Waals surface area contributed by atoms with Crippen LogP contribution < -0.4 is 0 Å². The minimum Gasteiger partial charge on any atom is 0 e. The van der Waals surface area contributed by atoms with Gasteiger partial charge in [0.25, 0.3) is 0 Å². The van der Waals surface area contributed by atoms with E-state index in [9.17, 15) is 0 Å². The Morgan fingerprint density at radius 1 is 0.250 bits per heavy atom. The van der Waals surface area contributed by atoms with Crippen molar-refractivity contribution in [2.24, 2.45) is 0 Å². The Bertz CT molecular complexity index is 8.00. The molecular weight excluding hydrogens is 200 g/mol. The van der Waals surface area contributed by atoms with E-state index in [4.69, 9.17) is 0 Å². The second-order valence-corrected chi connectivity index (χ2v) is 0. The first-order valence-electron chi connectivity index (χ1n) is 0. The maximum Gasteiger partial charge on any atom is 0 e. The molecule has 0 amide bonds. The van der Waals surface area contributed by atoms with Crippen molar-refractivity contribution in [1.29, 1.82) is 0 Å². The Kier molecular flexibility index (Phi) is 417. The fraction of sp³-hybridized carbons (Fsp3) is 0. The summed E-state index contributed by atoms with van der Waals surface area (Å²) in [6.07, 6.45) is 0. The van der Waals surface area contributed by atoms with E-state index in [-0.39, 0.29) is 188 Å². The zero-order valence-electron chi connectivity index (χ0n) is 6.31. The van der Waals surface area contributed by atoms with Crippen LogP contribution in [0.4, 0.5) is 0 Å². The summed E-state index contributed by atoms with van der Waals surface area (Å²) in [5.74, 6) is 0. The van der Waals surface area contributed by atoms with E-state index in [0.29, 0.717) is 0 Å². The molecule has 0 rings (SSSR count). The SMILES string of the molecule is [Al].[Al].[Al].[Al].[Na].[Na].[Na].[Na]. The molecule has 0 bridgehead atoms. The summed E-state index contributed by atoms with van der Waals surface area (Å²) in [5.41, 5.74) is 0. The molecule has 0 unspecified atom stereocenters. The van der Waals surface area contributed by atoms with Gasteiger partial charge >= 0.3 is 0 Å². The van der Waals surface area contributed by atoms with Crippen LogP contribution in [0.3, 0.4) is 0 Å². The number of hydrogen-bond acceptors (Lipinski definition) is 0. The molecule has 0 N–H and O–H groups in total. The Morgan fingerprint density at radius 3 is 0.250 bits per heavy atom. The average molecular weight is 200 g/mol. The molecule has 0 aromatic rings. The molecule has 16 valence electrons. The molecular formula is Al4Na4. The molecule has 8 heavy (non-hydrogen) atoms. The first kappa shape index (κ1) is 64.8. The van der Waals surface area contributed by atoms with Gasteiger partial charge in [0.15, 0.2) is 0 Å². The van der Waals surface area contributed by atoms with Crippen molar-refractivity contribution in [2.75, 3.05) is 0 Å². The van der Waals surface area contributed by atoms with Gasteiger partial charge in [0.1, 0.15) is 0 Å². The summed E-state index contributed by atoms with van der Waals surface area (Å²) in [7, 11) is 0. The molecule has 8 heteroatoms. The molecule has 0 saturated heterocycles. The summed E-state index contributed by atoms with van der Waals surface area (Å²) in [6.45, 7) is 0. The van der Waals surface area contributed by atoms with Crippen molar-refractivity contribution >= 4 is 188 Å². The Balaban J connectivity index is 0. The molecule has 0 heterocycles. The molecule has 0 aliphatic rings. The van der Waals surface area contributed by atoms with Crippen LogP contribution in [0.15, 0.2) is 0 Å². The first-order chi connectivity index (χ1) is 0. The molecule has 0 spiro atoms. The maximum absolute atomic E-state index is 0. The van der Waals surface area contributed by atoms with Crippen molar-refractivity contribution in [3.05, 3.63) is 0 Å². The smallest absolute Gasteiger partial charge is 0 e. The van der Waals surface area contributed by atoms with Crippen LogP contribution >= 0.6 is 0 Å². The molecule has 0 aliphatic carbocycles. The van der Waals surface area contributed by atoms with Crippen molar-refractivity contribution in [3.8, 4) is 0 Å². The molecule has 0 aromatic heterocycles. The first-order valence-corrected chi connectivity index (χ1v) is 0. The van der Waals surface area contributed by atoms with Gasteiger partial charge in [0.2, 0.25) is 0 Å². The summed E-state index contributed by atoms with van der Waals surface area (Å²) < 4.78 is 0. The van der Waals surface area contributed by atoms with Crippen molar-refractivity contribution < 1.29 is 0 Å². The minimum atomic E-state index is 0. The van der Waals surface area contributed by atoms with Crippen LogP contribution in [-0.2, 0) is 0 Å². The monoisotopic (exact) mass is 200 g/mol.